The van der Waals surface area contributed by atoms with E-state index in [0.29, 0.717) is 41.4 Å². The molecule has 1 aliphatic rings. The predicted octanol–water partition coefficient (Wildman–Crippen LogP) is 2.40. The normalized spacial score (nSPS) is 16.3. The minimum atomic E-state index is -1.05. The van der Waals surface area contributed by atoms with Gasteiger partial charge in [0.05, 0.1) is 11.4 Å². The first-order valence-electron chi connectivity index (χ1n) is 10.5. The molecule has 33 heavy (non-hydrogen) atoms. The van der Waals surface area contributed by atoms with E-state index in [9.17, 15) is 14.7 Å². The van der Waals surface area contributed by atoms with Crippen LogP contribution in [0.5, 0.6) is 0 Å². The van der Waals surface area contributed by atoms with Crippen molar-refractivity contribution in [3.05, 3.63) is 64.7 Å². The molecule has 0 spiro atoms. The van der Waals surface area contributed by atoms with Gasteiger partial charge in [-0.1, -0.05) is 41.9 Å². The molecule has 0 radical (unpaired) electrons. The van der Waals surface area contributed by atoms with E-state index in [2.05, 4.69) is 16.0 Å². The predicted molar refractivity (Wildman–Crippen MR) is 134 cm³/mol. The minimum absolute atomic E-state index is 0.0405. The van der Waals surface area contributed by atoms with E-state index in [1.807, 2.05) is 30.3 Å². The van der Waals surface area contributed by atoms with Crippen LogP contribution in [0.2, 0.25) is 5.02 Å². The highest BCUT2D eigenvalue weighted by molar-refractivity contribution is 7.80. The van der Waals surface area contributed by atoms with Gasteiger partial charge in [0.2, 0.25) is 6.17 Å². The Morgan fingerprint density at radius 2 is 2.00 bits per heavy atom. The highest BCUT2D eigenvalue weighted by atomic mass is 35.5. The molecule has 2 aromatic carbocycles. The van der Waals surface area contributed by atoms with E-state index in [1.165, 1.54) is 4.90 Å². The van der Waals surface area contributed by atoms with Crippen LogP contribution in [0.25, 0.3) is 0 Å². The summed E-state index contributed by atoms with van der Waals surface area (Å²) < 4.78 is 0. The lowest BCUT2D eigenvalue weighted by atomic mass is 10.0. The Kier molecular flexibility index (Phi) is 8.37. The summed E-state index contributed by atoms with van der Waals surface area (Å²) in [7, 11) is 3.46. The minimum Gasteiger partial charge on any atom is -0.480 e. The fraction of sp³-hybridized carbons (Fsp3) is 0.304. The van der Waals surface area contributed by atoms with Crippen LogP contribution in [-0.4, -0.2) is 60.7 Å². The number of aliphatic carboxylic acids is 1. The SMILES string of the molecule is CNCCCC(NC(=S)NC1N=C(c2ccccc2)c2cc(Cl)ccc2N(C)C1=O)C(=O)O. The van der Waals surface area contributed by atoms with Gasteiger partial charge in [-0.25, -0.2) is 9.79 Å². The lowest BCUT2D eigenvalue weighted by Gasteiger charge is -2.23. The van der Waals surface area contributed by atoms with E-state index >= 15 is 0 Å². The molecule has 1 heterocycles. The van der Waals surface area contributed by atoms with Gasteiger partial charge in [-0.05, 0) is 56.9 Å². The molecular formula is C23H26ClN5O3S. The number of rotatable bonds is 8. The van der Waals surface area contributed by atoms with E-state index in [4.69, 9.17) is 28.8 Å². The highest BCUT2D eigenvalue weighted by Crippen LogP contribution is 2.29. The van der Waals surface area contributed by atoms with Crippen molar-refractivity contribution < 1.29 is 14.7 Å². The van der Waals surface area contributed by atoms with Crippen LogP contribution in [0.4, 0.5) is 5.69 Å². The first-order valence-corrected chi connectivity index (χ1v) is 11.3. The van der Waals surface area contributed by atoms with E-state index in [-0.39, 0.29) is 11.0 Å². The molecule has 2 unspecified atom stereocenters. The molecule has 0 saturated carbocycles. The number of thiocarbonyl (C=S) groups is 1. The quantitative estimate of drug-likeness (QED) is 0.334. The number of carbonyl (C=O) groups excluding carboxylic acids is 1. The van der Waals surface area contributed by atoms with Gasteiger partial charge in [0.1, 0.15) is 6.04 Å². The van der Waals surface area contributed by atoms with Crippen molar-refractivity contribution >= 4 is 52.2 Å². The second-order valence-corrected chi connectivity index (χ2v) is 8.40. The van der Waals surface area contributed by atoms with Crippen LogP contribution in [0.3, 0.4) is 0 Å². The Morgan fingerprint density at radius 3 is 2.67 bits per heavy atom. The summed E-state index contributed by atoms with van der Waals surface area (Å²) in [5.74, 6) is -1.36. The van der Waals surface area contributed by atoms with Gasteiger partial charge in [0, 0.05) is 23.2 Å². The summed E-state index contributed by atoms with van der Waals surface area (Å²) >= 11 is 11.6. The number of halogens is 1. The molecule has 10 heteroatoms. The maximum absolute atomic E-state index is 13.2. The van der Waals surface area contributed by atoms with Gasteiger partial charge in [-0.15, -0.1) is 0 Å². The number of fused-ring (bicyclic) bond motifs is 1. The number of amides is 1. The Hall–Kier alpha value is -3.01. The molecule has 8 nitrogen and oxygen atoms in total. The molecule has 0 saturated heterocycles. The van der Waals surface area contributed by atoms with Crippen LogP contribution >= 0.6 is 23.8 Å². The number of carboxylic acid groups (broad SMARTS) is 1. The summed E-state index contributed by atoms with van der Waals surface area (Å²) in [5.41, 5.74) is 2.76. The Bertz CT molecular complexity index is 1060. The zero-order valence-electron chi connectivity index (χ0n) is 18.3. The van der Waals surface area contributed by atoms with Crippen molar-refractivity contribution in [3.63, 3.8) is 0 Å². The molecular weight excluding hydrogens is 462 g/mol. The van der Waals surface area contributed by atoms with E-state index in [0.717, 1.165) is 5.56 Å². The van der Waals surface area contributed by atoms with Crippen LogP contribution in [-0.2, 0) is 9.59 Å². The van der Waals surface area contributed by atoms with Crippen molar-refractivity contribution in [1.82, 2.24) is 16.0 Å². The van der Waals surface area contributed by atoms with E-state index < -0.39 is 18.2 Å². The van der Waals surface area contributed by atoms with Crippen molar-refractivity contribution in [2.45, 2.75) is 25.0 Å². The van der Waals surface area contributed by atoms with Gasteiger partial charge >= 0.3 is 5.97 Å². The standard InChI is InChI=1S/C23H26ClN5O3S/c1-25-12-6-9-17(22(31)32)26-23(33)28-20-21(30)29(2)18-11-10-15(24)13-16(18)19(27-20)14-7-4-3-5-8-14/h3-5,7-8,10-11,13,17,20,25H,6,9,12H2,1-2H3,(H,31,32)(H2,26,28,33). The fourth-order valence-electron chi connectivity index (χ4n) is 3.53. The maximum atomic E-state index is 13.2. The number of likely N-dealkylation sites (N-methyl/N-ethyl adjacent to an activating group) is 1. The van der Waals surface area contributed by atoms with E-state index in [1.54, 1.807) is 32.3 Å². The fourth-order valence-corrected chi connectivity index (χ4v) is 3.96. The summed E-state index contributed by atoms with van der Waals surface area (Å²) in [6, 6.07) is 13.8. The molecule has 4 N–H and O–H groups in total. The third-order valence-electron chi connectivity index (χ3n) is 5.24. The summed E-state index contributed by atoms with van der Waals surface area (Å²) in [4.78, 5) is 31.1. The second-order valence-electron chi connectivity index (χ2n) is 7.56. The van der Waals surface area contributed by atoms with Crippen molar-refractivity contribution in [2.24, 2.45) is 4.99 Å². The molecule has 0 aliphatic carbocycles. The van der Waals surface area contributed by atoms with Crippen LogP contribution in [0.1, 0.15) is 24.0 Å². The van der Waals surface area contributed by atoms with Crippen LogP contribution in [0, 0.1) is 0 Å². The monoisotopic (exact) mass is 487 g/mol. The van der Waals surface area contributed by atoms with Crippen LogP contribution < -0.4 is 20.9 Å². The average Bonchev–Trinajstić information content (AvgIpc) is 2.89. The molecule has 1 amide bonds. The highest BCUT2D eigenvalue weighted by Gasteiger charge is 2.31. The lowest BCUT2D eigenvalue weighted by Crippen LogP contribution is -2.52. The molecule has 0 fully saturated rings. The summed E-state index contributed by atoms with van der Waals surface area (Å²) in [6.07, 6.45) is -0.0253. The Balaban J connectivity index is 1.91. The molecule has 0 aromatic heterocycles. The molecule has 3 rings (SSSR count). The third kappa shape index (κ3) is 6.07. The number of nitrogens with one attached hydrogen (secondary N) is 3. The van der Waals surface area contributed by atoms with Gasteiger partial charge in [-0.3, -0.25) is 4.79 Å². The summed E-state index contributed by atoms with van der Waals surface area (Å²) in [5, 5.41) is 18.8. The third-order valence-corrected chi connectivity index (χ3v) is 5.71. The molecule has 0 bridgehead atoms. The number of hydrogen-bond acceptors (Lipinski definition) is 5. The molecule has 2 atom stereocenters. The number of carboxylic acids is 1. The van der Waals surface area contributed by atoms with Gasteiger partial charge < -0.3 is 26.0 Å². The Morgan fingerprint density at radius 1 is 1.27 bits per heavy atom. The topological polar surface area (TPSA) is 106 Å². The zero-order chi connectivity index (χ0) is 24.0. The average molecular weight is 488 g/mol. The zero-order valence-corrected chi connectivity index (χ0v) is 19.9. The van der Waals surface area contributed by atoms with Gasteiger partial charge in [0.25, 0.3) is 5.91 Å². The van der Waals surface area contributed by atoms with Crippen molar-refractivity contribution in [2.75, 3.05) is 25.5 Å². The number of carbonyl (C=O) groups is 2. The molecule has 2 aromatic rings. The first kappa shape index (κ1) is 24.6. The Labute approximate surface area is 203 Å². The molecule has 174 valence electrons. The van der Waals surface area contributed by atoms with Gasteiger partial charge in [-0.2, -0.15) is 0 Å². The number of benzene rings is 2. The largest absolute Gasteiger partial charge is 0.480 e. The number of nitrogens with zero attached hydrogens (tertiary/aromatic N) is 2. The maximum Gasteiger partial charge on any atom is 0.326 e. The molecule has 1 aliphatic heterocycles. The number of anilines is 1. The lowest BCUT2D eigenvalue weighted by molar-refractivity contribution is -0.139. The second kappa shape index (κ2) is 11.2. The van der Waals surface area contributed by atoms with Crippen LogP contribution in [0.15, 0.2) is 53.5 Å². The van der Waals surface area contributed by atoms with Gasteiger partial charge in [0.15, 0.2) is 5.11 Å². The summed E-state index contributed by atoms with van der Waals surface area (Å²) in [6.45, 7) is 0.684. The first-order chi connectivity index (χ1) is 15.8. The van der Waals surface area contributed by atoms with Crippen molar-refractivity contribution in [3.8, 4) is 0 Å². The number of benzodiazepines with no additional fused rings is 1. The smallest absolute Gasteiger partial charge is 0.326 e. The number of aliphatic imine (C=N–C) groups is 1. The number of hydrogen-bond donors (Lipinski definition) is 4. The van der Waals surface area contributed by atoms with Crippen molar-refractivity contribution in [1.29, 1.82) is 0 Å².